The normalized spacial score (nSPS) is 16.2. The van der Waals surface area contributed by atoms with Crippen molar-refractivity contribution in [3.63, 3.8) is 0 Å². The zero-order valence-electron chi connectivity index (χ0n) is 9.46. The molecule has 4 nitrogen and oxygen atoms in total. The van der Waals surface area contributed by atoms with Crippen molar-refractivity contribution < 1.29 is 14.3 Å². The molecule has 0 atom stereocenters. The summed E-state index contributed by atoms with van der Waals surface area (Å²) in [6.07, 6.45) is 0. The number of halogens is 1. The van der Waals surface area contributed by atoms with E-state index >= 15 is 0 Å². The van der Waals surface area contributed by atoms with Gasteiger partial charge in [-0.15, -0.1) is 23.7 Å². The van der Waals surface area contributed by atoms with Crippen LogP contribution in [-0.2, 0) is 9.47 Å². The van der Waals surface area contributed by atoms with Crippen molar-refractivity contribution in [2.75, 3.05) is 39.5 Å². The maximum absolute atomic E-state index is 11.5. The first-order chi connectivity index (χ1) is 7.86. The fraction of sp³-hybridized carbons (Fsp3) is 0.545. The monoisotopic (exact) mass is 277 g/mol. The van der Waals surface area contributed by atoms with Crippen molar-refractivity contribution in [1.82, 2.24) is 4.90 Å². The fourth-order valence-electron chi connectivity index (χ4n) is 1.56. The van der Waals surface area contributed by atoms with Gasteiger partial charge in [0.1, 0.15) is 11.5 Å². The van der Waals surface area contributed by atoms with E-state index in [1.165, 1.54) is 11.3 Å². The van der Waals surface area contributed by atoms with Crippen LogP contribution in [0.4, 0.5) is 0 Å². The minimum absolute atomic E-state index is 0. The number of hydrogen-bond acceptors (Lipinski definition) is 5. The number of esters is 1. The second-order valence-electron chi connectivity index (χ2n) is 3.57. The maximum atomic E-state index is 11.5. The number of carbonyl (C=O) groups is 1. The van der Waals surface area contributed by atoms with Crippen molar-refractivity contribution in [2.45, 2.75) is 0 Å². The van der Waals surface area contributed by atoms with Gasteiger partial charge in [0.2, 0.25) is 0 Å². The highest BCUT2D eigenvalue weighted by molar-refractivity contribution is 7.11. The molecule has 0 radical (unpaired) electrons. The van der Waals surface area contributed by atoms with Gasteiger partial charge >= 0.3 is 5.97 Å². The molecule has 0 N–H and O–H groups in total. The van der Waals surface area contributed by atoms with E-state index in [0.717, 1.165) is 32.8 Å². The lowest BCUT2D eigenvalue weighted by Crippen LogP contribution is -2.38. The zero-order valence-corrected chi connectivity index (χ0v) is 11.1. The van der Waals surface area contributed by atoms with Crippen LogP contribution in [0, 0.1) is 0 Å². The van der Waals surface area contributed by atoms with Crippen LogP contribution in [0.5, 0.6) is 0 Å². The number of hydrogen-bond donors (Lipinski definition) is 0. The summed E-state index contributed by atoms with van der Waals surface area (Å²) in [5.41, 5.74) is 0. The summed E-state index contributed by atoms with van der Waals surface area (Å²) in [6.45, 7) is 4.65. The summed E-state index contributed by atoms with van der Waals surface area (Å²) in [4.78, 5) is 14.4. The molecule has 2 rings (SSSR count). The van der Waals surface area contributed by atoms with Crippen LogP contribution in [0.25, 0.3) is 0 Å². The van der Waals surface area contributed by atoms with Gasteiger partial charge in [-0.2, -0.15) is 0 Å². The summed E-state index contributed by atoms with van der Waals surface area (Å²) < 4.78 is 10.4. The van der Waals surface area contributed by atoms with E-state index in [2.05, 4.69) is 4.90 Å². The van der Waals surface area contributed by atoms with Crippen LogP contribution in [0.3, 0.4) is 0 Å². The van der Waals surface area contributed by atoms with Crippen LogP contribution < -0.4 is 0 Å². The zero-order chi connectivity index (χ0) is 11.2. The third-order valence-electron chi connectivity index (χ3n) is 2.47. The SMILES string of the molecule is Cl.O=C(OCCN1CCOCC1)c1cccs1. The van der Waals surface area contributed by atoms with Gasteiger partial charge in [0.25, 0.3) is 0 Å². The minimum atomic E-state index is -0.219. The average molecular weight is 278 g/mol. The molecule has 1 fully saturated rings. The molecule has 0 unspecified atom stereocenters. The highest BCUT2D eigenvalue weighted by Gasteiger charge is 2.12. The van der Waals surface area contributed by atoms with E-state index in [1.54, 1.807) is 6.07 Å². The molecule has 1 aromatic rings. The van der Waals surface area contributed by atoms with Gasteiger partial charge in [-0.05, 0) is 11.4 Å². The van der Waals surface area contributed by atoms with Gasteiger partial charge in [0, 0.05) is 19.6 Å². The second kappa shape index (κ2) is 7.66. The Hall–Kier alpha value is -0.620. The summed E-state index contributed by atoms with van der Waals surface area (Å²) in [7, 11) is 0. The molecule has 1 aliphatic rings. The Kier molecular flexibility index (Phi) is 6.50. The second-order valence-corrected chi connectivity index (χ2v) is 4.51. The number of nitrogens with zero attached hydrogens (tertiary/aromatic N) is 1. The third-order valence-corrected chi connectivity index (χ3v) is 3.32. The van der Waals surface area contributed by atoms with Crippen molar-refractivity contribution in [3.05, 3.63) is 22.4 Å². The molecule has 0 bridgehead atoms. The number of carbonyl (C=O) groups excluding carboxylic acids is 1. The largest absolute Gasteiger partial charge is 0.460 e. The number of ether oxygens (including phenoxy) is 2. The Balaban J connectivity index is 0.00000144. The molecule has 0 spiro atoms. The van der Waals surface area contributed by atoms with Crippen LogP contribution in [0.1, 0.15) is 9.67 Å². The molecule has 0 saturated carbocycles. The summed E-state index contributed by atoms with van der Waals surface area (Å²) in [5, 5.41) is 1.87. The van der Waals surface area contributed by atoms with E-state index in [-0.39, 0.29) is 18.4 Å². The van der Waals surface area contributed by atoms with Crippen molar-refractivity contribution in [3.8, 4) is 0 Å². The number of rotatable bonds is 4. The molecule has 17 heavy (non-hydrogen) atoms. The molecule has 96 valence electrons. The number of thiophene rings is 1. The Morgan fingerprint density at radius 2 is 2.24 bits per heavy atom. The minimum Gasteiger partial charge on any atom is -0.460 e. The first-order valence-electron chi connectivity index (χ1n) is 5.37. The lowest BCUT2D eigenvalue weighted by atomic mass is 10.4. The smallest absolute Gasteiger partial charge is 0.348 e. The van der Waals surface area contributed by atoms with Gasteiger partial charge in [-0.25, -0.2) is 4.79 Å². The Morgan fingerprint density at radius 3 is 2.88 bits per heavy atom. The molecule has 0 aliphatic carbocycles. The predicted octanol–water partition coefficient (Wildman–Crippen LogP) is 1.66. The Labute approximate surface area is 111 Å². The van der Waals surface area contributed by atoms with Gasteiger partial charge in [0.15, 0.2) is 0 Å². The highest BCUT2D eigenvalue weighted by Crippen LogP contribution is 2.09. The van der Waals surface area contributed by atoms with Crippen molar-refractivity contribution in [1.29, 1.82) is 0 Å². The lowest BCUT2D eigenvalue weighted by molar-refractivity contribution is 0.0197. The van der Waals surface area contributed by atoms with E-state index in [4.69, 9.17) is 9.47 Å². The first-order valence-corrected chi connectivity index (χ1v) is 6.25. The van der Waals surface area contributed by atoms with Crippen LogP contribution in [0.2, 0.25) is 0 Å². The Bertz CT molecular complexity index is 325. The van der Waals surface area contributed by atoms with Gasteiger partial charge in [-0.1, -0.05) is 6.07 Å². The molecule has 0 amide bonds. The molecule has 1 saturated heterocycles. The van der Waals surface area contributed by atoms with Crippen molar-refractivity contribution >= 4 is 29.7 Å². The van der Waals surface area contributed by atoms with E-state index in [9.17, 15) is 4.79 Å². The highest BCUT2D eigenvalue weighted by atomic mass is 35.5. The molecule has 1 aliphatic heterocycles. The van der Waals surface area contributed by atoms with Crippen LogP contribution in [-0.4, -0.2) is 50.3 Å². The summed E-state index contributed by atoms with van der Waals surface area (Å²) in [6, 6.07) is 3.63. The quantitative estimate of drug-likeness (QED) is 0.785. The van der Waals surface area contributed by atoms with E-state index in [0.29, 0.717) is 11.5 Å². The molecular formula is C11H16ClNO3S. The molecular weight excluding hydrogens is 262 g/mol. The lowest BCUT2D eigenvalue weighted by Gasteiger charge is -2.26. The van der Waals surface area contributed by atoms with E-state index < -0.39 is 0 Å². The van der Waals surface area contributed by atoms with Crippen LogP contribution in [0.15, 0.2) is 17.5 Å². The summed E-state index contributed by atoms with van der Waals surface area (Å²) >= 11 is 1.41. The molecule has 2 heterocycles. The van der Waals surface area contributed by atoms with Crippen molar-refractivity contribution in [2.24, 2.45) is 0 Å². The standard InChI is InChI=1S/C11H15NO3S.ClH/c13-11(10-2-1-9-16-10)15-8-5-12-3-6-14-7-4-12;/h1-2,9H,3-8H2;1H. The molecule has 0 aromatic carbocycles. The van der Waals surface area contributed by atoms with E-state index in [1.807, 2.05) is 11.4 Å². The fourth-order valence-corrected chi connectivity index (χ4v) is 2.17. The van der Waals surface area contributed by atoms with Gasteiger partial charge < -0.3 is 9.47 Å². The maximum Gasteiger partial charge on any atom is 0.348 e. The number of morpholine rings is 1. The predicted molar refractivity (Wildman–Crippen MR) is 69.1 cm³/mol. The van der Waals surface area contributed by atoms with Gasteiger partial charge in [0.05, 0.1) is 13.2 Å². The Morgan fingerprint density at radius 1 is 1.47 bits per heavy atom. The first kappa shape index (κ1) is 14.4. The van der Waals surface area contributed by atoms with Gasteiger partial charge in [-0.3, -0.25) is 4.90 Å². The van der Waals surface area contributed by atoms with Crippen LogP contribution >= 0.6 is 23.7 Å². The third kappa shape index (κ3) is 4.63. The average Bonchev–Trinajstić information content (AvgIpc) is 2.84. The molecule has 6 heteroatoms. The molecule has 1 aromatic heterocycles. The topological polar surface area (TPSA) is 38.8 Å². The summed E-state index contributed by atoms with van der Waals surface area (Å²) in [5.74, 6) is -0.219.